The molecule has 0 heterocycles. The summed E-state index contributed by atoms with van der Waals surface area (Å²) in [7, 11) is 0. The summed E-state index contributed by atoms with van der Waals surface area (Å²) in [5.41, 5.74) is 9.58. The number of rotatable bonds is 5. The zero-order valence-electron chi connectivity index (χ0n) is 9.19. The number of hydrogen-bond donors (Lipinski definition) is 3. The largest absolute Gasteiger partial charge is 0.508 e. The SMILES string of the molecule is NC(=S)NN=C(CCCCl)c1ccc(O)cc1. The van der Waals surface area contributed by atoms with Gasteiger partial charge in [0.05, 0.1) is 5.71 Å². The molecule has 17 heavy (non-hydrogen) atoms. The van der Waals surface area contributed by atoms with Gasteiger partial charge in [-0.15, -0.1) is 11.6 Å². The molecule has 0 amide bonds. The van der Waals surface area contributed by atoms with E-state index < -0.39 is 0 Å². The van der Waals surface area contributed by atoms with Crippen molar-refractivity contribution < 1.29 is 5.11 Å². The predicted octanol–water partition coefficient (Wildman–Crippen LogP) is 1.95. The summed E-state index contributed by atoms with van der Waals surface area (Å²) in [6.07, 6.45) is 1.52. The summed E-state index contributed by atoms with van der Waals surface area (Å²) in [6, 6.07) is 6.77. The number of thiocarbonyl (C=S) groups is 1. The number of phenolic OH excluding ortho intramolecular Hbond substituents is 1. The van der Waals surface area contributed by atoms with Crippen molar-refractivity contribution in [3.8, 4) is 5.75 Å². The van der Waals surface area contributed by atoms with Crippen molar-refractivity contribution in [2.24, 2.45) is 10.8 Å². The minimum Gasteiger partial charge on any atom is -0.508 e. The molecule has 1 aromatic carbocycles. The first-order chi connectivity index (χ1) is 8.13. The van der Waals surface area contributed by atoms with Crippen LogP contribution in [-0.2, 0) is 0 Å². The molecule has 0 aliphatic heterocycles. The zero-order chi connectivity index (χ0) is 12.7. The molecule has 1 aromatic rings. The van der Waals surface area contributed by atoms with E-state index >= 15 is 0 Å². The van der Waals surface area contributed by atoms with E-state index in [1.54, 1.807) is 24.3 Å². The molecule has 1 rings (SSSR count). The maximum Gasteiger partial charge on any atom is 0.184 e. The molecule has 0 aromatic heterocycles. The fourth-order valence-electron chi connectivity index (χ4n) is 1.28. The highest BCUT2D eigenvalue weighted by Crippen LogP contribution is 2.13. The first kappa shape index (κ1) is 13.7. The Morgan fingerprint density at radius 1 is 1.41 bits per heavy atom. The van der Waals surface area contributed by atoms with Crippen molar-refractivity contribution in [3.63, 3.8) is 0 Å². The lowest BCUT2D eigenvalue weighted by Crippen LogP contribution is -2.25. The number of aromatic hydroxyl groups is 1. The van der Waals surface area contributed by atoms with Crippen LogP contribution in [0.25, 0.3) is 0 Å². The highest BCUT2D eigenvalue weighted by Gasteiger charge is 2.04. The number of halogens is 1. The molecule has 0 bridgehead atoms. The number of benzene rings is 1. The van der Waals surface area contributed by atoms with Gasteiger partial charge in [0.15, 0.2) is 5.11 Å². The lowest BCUT2D eigenvalue weighted by atomic mass is 10.1. The second-order valence-corrected chi connectivity index (χ2v) is 4.19. The van der Waals surface area contributed by atoms with Gasteiger partial charge in [0, 0.05) is 5.88 Å². The summed E-state index contributed by atoms with van der Waals surface area (Å²) in [4.78, 5) is 0. The molecule has 4 nitrogen and oxygen atoms in total. The average molecular weight is 272 g/mol. The number of phenols is 1. The number of nitrogens with two attached hydrogens (primary N) is 1. The lowest BCUT2D eigenvalue weighted by Gasteiger charge is -2.06. The molecule has 0 saturated carbocycles. The van der Waals surface area contributed by atoms with Crippen molar-refractivity contribution in [1.29, 1.82) is 0 Å². The fraction of sp³-hybridized carbons (Fsp3) is 0.273. The number of nitrogens with one attached hydrogen (secondary N) is 1. The molecule has 6 heteroatoms. The Morgan fingerprint density at radius 3 is 2.59 bits per heavy atom. The van der Waals surface area contributed by atoms with E-state index in [1.165, 1.54) is 0 Å². The maximum atomic E-state index is 9.22. The van der Waals surface area contributed by atoms with Gasteiger partial charge in [-0.25, -0.2) is 0 Å². The molecule has 0 unspecified atom stereocenters. The van der Waals surface area contributed by atoms with Crippen LogP contribution in [0, 0.1) is 0 Å². The third-order valence-corrected chi connectivity index (χ3v) is 2.41. The summed E-state index contributed by atoms with van der Waals surface area (Å²) < 4.78 is 0. The van der Waals surface area contributed by atoms with Crippen molar-refractivity contribution >= 4 is 34.6 Å². The third-order valence-electron chi connectivity index (χ3n) is 2.05. The minimum absolute atomic E-state index is 0.118. The van der Waals surface area contributed by atoms with E-state index in [4.69, 9.17) is 29.6 Å². The van der Waals surface area contributed by atoms with Gasteiger partial charge in [0.2, 0.25) is 0 Å². The molecular formula is C11H14ClN3OS. The number of hydrogen-bond acceptors (Lipinski definition) is 3. The lowest BCUT2D eigenvalue weighted by molar-refractivity contribution is 0.475. The van der Waals surface area contributed by atoms with Gasteiger partial charge in [0.1, 0.15) is 5.75 Å². The molecule has 0 atom stereocenters. The smallest absolute Gasteiger partial charge is 0.184 e. The summed E-state index contributed by atoms with van der Waals surface area (Å²) >= 11 is 10.3. The molecule has 0 radical (unpaired) electrons. The van der Waals surface area contributed by atoms with Gasteiger partial charge in [-0.2, -0.15) is 5.10 Å². The van der Waals surface area contributed by atoms with E-state index in [0.717, 1.165) is 17.7 Å². The van der Waals surface area contributed by atoms with Crippen LogP contribution in [0.1, 0.15) is 18.4 Å². The molecule has 0 spiro atoms. The van der Waals surface area contributed by atoms with E-state index in [9.17, 15) is 5.11 Å². The number of alkyl halides is 1. The summed E-state index contributed by atoms with van der Waals surface area (Å²) in [6.45, 7) is 0. The molecule has 0 aliphatic carbocycles. The molecule has 0 fully saturated rings. The molecule has 0 saturated heterocycles. The Bertz CT molecular complexity index is 406. The van der Waals surface area contributed by atoms with E-state index in [-0.39, 0.29) is 10.9 Å². The zero-order valence-corrected chi connectivity index (χ0v) is 10.8. The van der Waals surface area contributed by atoms with E-state index in [2.05, 4.69) is 10.5 Å². The Hall–Kier alpha value is -1.33. The number of nitrogens with zero attached hydrogens (tertiary/aromatic N) is 1. The average Bonchev–Trinajstić information content (AvgIpc) is 2.30. The Labute approximate surface area is 110 Å². The number of hydrazone groups is 1. The maximum absolute atomic E-state index is 9.22. The molecule has 4 N–H and O–H groups in total. The van der Waals surface area contributed by atoms with Crippen LogP contribution in [0.2, 0.25) is 0 Å². The van der Waals surface area contributed by atoms with Gasteiger partial charge in [-0.3, -0.25) is 5.43 Å². The Balaban J connectivity index is 2.84. The quantitative estimate of drug-likeness (QED) is 0.331. The van der Waals surface area contributed by atoms with Crippen LogP contribution < -0.4 is 11.2 Å². The van der Waals surface area contributed by atoms with Crippen LogP contribution in [0.3, 0.4) is 0 Å². The highest BCUT2D eigenvalue weighted by molar-refractivity contribution is 7.80. The van der Waals surface area contributed by atoms with Crippen LogP contribution in [0.15, 0.2) is 29.4 Å². The predicted molar refractivity (Wildman–Crippen MR) is 74.5 cm³/mol. The summed E-state index contributed by atoms with van der Waals surface area (Å²) in [5, 5.41) is 13.5. The van der Waals surface area contributed by atoms with Crippen molar-refractivity contribution in [1.82, 2.24) is 5.43 Å². The fourth-order valence-corrected chi connectivity index (χ4v) is 1.45. The van der Waals surface area contributed by atoms with Crippen molar-refractivity contribution in [3.05, 3.63) is 29.8 Å². The van der Waals surface area contributed by atoms with Crippen LogP contribution >= 0.6 is 23.8 Å². The second-order valence-electron chi connectivity index (χ2n) is 3.37. The standard InChI is InChI=1S/C11H14ClN3OS/c12-7-1-2-10(14-15-11(13)17)8-3-5-9(16)6-4-8/h3-6,16H,1-2,7H2,(H3,13,15,17). The Kier molecular flexibility index (Phi) is 5.72. The molecular weight excluding hydrogens is 258 g/mol. The van der Waals surface area contributed by atoms with Gasteiger partial charge >= 0.3 is 0 Å². The highest BCUT2D eigenvalue weighted by atomic mass is 35.5. The first-order valence-corrected chi connectivity index (χ1v) is 6.05. The van der Waals surface area contributed by atoms with E-state index in [1.807, 2.05) is 0 Å². The minimum atomic E-state index is 0.118. The van der Waals surface area contributed by atoms with Gasteiger partial charge in [-0.1, -0.05) is 0 Å². The first-order valence-electron chi connectivity index (χ1n) is 5.11. The topological polar surface area (TPSA) is 70.6 Å². The molecule has 0 aliphatic rings. The second kappa shape index (κ2) is 7.09. The third kappa shape index (κ3) is 5.01. The van der Waals surface area contributed by atoms with Gasteiger partial charge in [0.25, 0.3) is 0 Å². The van der Waals surface area contributed by atoms with Gasteiger partial charge < -0.3 is 10.8 Å². The normalized spacial score (nSPS) is 11.2. The summed E-state index contributed by atoms with van der Waals surface area (Å²) in [5.74, 6) is 0.775. The monoisotopic (exact) mass is 271 g/mol. The van der Waals surface area contributed by atoms with Crippen LogP contribution in [0.5, 0.6) is 5.75 Å². The van der Waals surface area contributed by atoms with Crippen molar-refractivity contribution in [2.75, 3.05) is 5.88 Å². The van der Waals surface area contributed by atoms with E-state index in [0.29, 0.717) is 12.3 Å². The van der Waals surface area contributed by atoms with Gasteiger partial charge in [-0.05, 0) is 54.9 Å². The van der Waals surface area contributed by atoms with Crippen LogP contribution in [0.4, 0.5) is 0 Å². The van der Waals surface area contributed by atoms with Crippen LogP contribution in [-0.4, -0.2) is 21.8 Å². The van der Waals surface area contributed by atoms with Crippen molar-refractivity contribution in [2.45, 2.75) is 12.8 Å². The molecule has 92 valence electrons. The Morgan fingerprint density at radius 2 is 2.06 bits per heavy atom.